The first-order chi connectivity index (χ1) is 11.6. The predicted octanol–water partition coefficient (Wildman–Crippen LogP) is 2.48. The Kier molecular flexibility index (Phi) is 5.53. The van der Waals surface area contributed by atoms with Gasteiger partial charge in [-0.2, -0.15) is 5.10 Å². The van der Waals surface area contributed by atoms with Crippen molar-refractivity contribution in [3.05, 3.63) is 52.8 Å². The molecule has 1 aliphatic rings. The van der Waals surface area contributed by atoms with E-state index in [0.29, 0.717) is 26.1 Å². The van der Waals surface area contributed by atoms with Gasteiger partial charge in [-0.3, -0.25) is 9.48 Å². The Morgan fingerprint density at radius 3 is 3.00 bits per heavy atom. The summed E-state index contributed by atoms with van der Waals surface area (Å²) in [6.45, 7) is 1.86. The number of hydrogen-bond donors (Lipinski definition) is 0. The molecule has 1 aromatic carbocycles. The van der Waals surface area contributed by atoms with Crippen LogP contribution in [0, 0.1) is 0 Å². The molecule has 24 heavy (non-hydrogen) atoms. The first kappa shape index (κ1) is 17.0. The SMILES string of the molecule is Cn1cc(CCC(=O)N2CCO[C@@H](Cc3ccccc3Cl)C2)cn1. The maximum absolute atomic E-state index is 12.5. The number of benzene rings is 1. The summed E-state index contributed by atoms with van der Waals surface area (Å²) in [5, 5.41) is 4.88. The number of carbonyl (C=O) groups excluding carboxylic acids is 1. The molecule has 1 fully saturated rings. The number of halogens is 1. The van der Waals surface area contributed by atoms with Crippen molar-refractivity contribution in [1.82, 2.24) is 14.7 Å². The smallest absolute Gasteiger partial charge is 0.223 e. The summed E-state index contributed by atoms with van der Waals surface area (Å²) in [5.41, 5.74) is 2.15. The first-order valence-corrected chi connectivity index (χ1v) is 8.60. The molecule has 0 spiro atoms. The van der Waals surface area contributed by atoms with E-state index >= 15 is 0 Å². The van der Waals surface area contributed by atoms with Gasteiger partial charge in [0.2, 0.25) is 5.91 Å². The highest BCUT2D eigenvalue weighted by molar-refractivity contribution is 6.31. The van der Waals surface area contributed by atoms with Crippen LogP contribution in [0.3, 0.4) is 0 Å². The van der Waals surface area contributed by atoms with Crippen LogP contribution in [0.15, 0.2) is 36.7 Å². The quantitative estimate of drug-likeness (QED) is 0.834. The Morgan fingerprint density at radius 1 is 1.42 bits per heavy atom. The second-order valence-corrected chi connectivity index (χ2v) is 6.56. The number of aryl methyl sites for hydroxylation is 2. The Hall–Kier alpha value is -1.85. The van der Waals surface area contributed by atoms with Gasteiger partial charge in [-0.1, -0.05) is 29.8 Å². The topological polar surface area (TPSA) is 47.4 Å². The standard InChI is InChI=1S/C18H22ClN3O2/c1-21-12-14(11-20-21)6-7-18(23)22-8-9-24-16(13-22)10-15-4-2-3-5-17(15)19/h2-5,11-12,16H,6-10,13H2,1H3/t16-/m0/s1. The molecule has 2 heterocycles. The number of ether oxygens (including phenoxy) is 1. The average molecular weight is 348 g/mol. The Bertz CT molecular complexity index is 701. The van der Waals surface area contributed by atoms with Crippen molar-refractivity contribution in [2.24, 2.45) is 7.05 Å². The van der Waals surface area contributed by atoms with Crippen LogP contribution in [0.5, 0.6) is 0 Å². The van der Waals surface area contributed by atoms with Crippen molar-refractivity contribution in [1.29, 1.82) is 0 Å². The second kappa shape index (κ2) is 7.81. The zero-order valence-corrected chi connectivity index (χ0v) is 14.6. The van der Waals surface area contributed by atoms with E-state index in [-0.39, 0.29) is 12.0 Å². The first-order valence-electron chi connectivity index (χ1n) is 8.22. The van der Waals surface area contributed by atoms with Gasteiger partial charge in [0, 0.05) is 44.2 Å². The summed E-state index contributed by atoms with van der Waals surface area (Å²) in [5.74, 6) is 0.173. The van der Waals surface area contributed by atoms with Crippen molar-refractivity contribution in [3.63, 3.8) is 0 Å². The molecule has 1 aliphatic heterocycles. The number of amides is 1. The van der Waals surface area contributed by atoms with E-state index in [0.717, 1.165) is 29.0 Å². The van der Waals surface area contributed by atoms with Crippen molar-refractivity contribution in [2.75, 3.05) is 19.7 Å². The molecule has 128 valence electrons. The lowest BCUT2D eigenvalue weighted by Gasteiger charge is -2.33. The summed E-state index contributed by atoms with van der Waals surface area (Å²) in [6, 6.07) is 7.79. The molecule has 0 saturated carbocycles. The summed E-state index contributed by atoms with van der Waals surface area (Å²) in [4.78, 5) is 14.4. The zero-order chi connectivity index (χ0) is 16.9. The van der Waals surface area contributed by atoms with Crippen LogP contribution < -0.4 is 0 Å². The molecule has 0 N–H and O–H groups in total. The number of hydrogen-bond acceptors (Lipinski definition) is 3. The lowest BCUT2D eigenvalue weighted by molar-refractivity contribution is -0.138. The Balaban J connectivity index is 1.53. The number of morpholine rings is 1. The van der Waals surface area contributed by atoms with Crippen molar-refractivity contribution < 1.29 is 9.53 Å². The molecule has 3 rings (SSSR count). The molecule has 1 amide bonds. The zero-order valence-electron chi connectivity index (χ0n) is 13.8. The van der Waals surface area contributed by atoms with Gasteiger partial charge in [0.05, 0.1) is 18.9 Å². The molecule has 0 radical (unpaired) electrons. The highest BCUT2D eigenvalue weighted by Crippen LogP contribution is 2.20. The van der Waals surface area contributed by atoms with Crippen LogP contribution in [-0.4, -0.2) is 46.4 Å². The van der Waals surface area contributed by atoms with E-state index in [9.17, 15) is 4.79 Å². The van der Waals surface area contributed by atoms with Gasteiger partial charge in [0.15, 0.2) is 0 Å². The van der Waals surface area contributed by atoms with Gasteiger partial charge in [0.25, 0.3) is 0 Å². The van der Waals surface area contributed by atoms with Crippen LogP contribution in [0.4, 0.5) is 0 Å². The maximum Gasteiger partial charge on any atom is 0.223 e. The fraction of sp³-hybridized carbons (Fsp3) is 0.444. The van der Waals surface area contributed by atoms with E-state index in [1.54, 1.807) is 4.68 Å². The second-order valence-electron chi connectivity index (χ2n) is 6.15. The monoisotopic (exact) mass is 347 g/mol. The van der Waals surface area contributed by atoms with Crippen LogP contribution in [0.2, 0.25) is 5.02 Å². The van der Waals surface area contributed by atoms with Crippen LogP contribution in [0.1, 0.15) is 17.5 Å². The molecule has 0 bridgehead atoms. The number of aromatic nitrogens is 2. The minimum absolute atomic E-state index is 0.000918. The molecule has 0 aliphatic carbocycles. The largest absolute Gasteiger partial charge is 0.374 e. The van der Waals surface area contributed by atoms with E-state index in [2.05, 4.69) is 5.10 Å². The van der Waals surface area contributed by atoms with E-state index in [4.69, 9.17) is 16.3 Å². The van der Waals surface area contributed by atoms with E-state index in [1.807, 2.05) is 48.6 Å². The third-order valence-electron chi connectivity index (χ3n) is 4.28. The fourth-order valence-electron chi connectivity index (χ4n) is 2.99. The van der Waals surface area contributed by atoms with Gasteiger partial charge < -0.3 is 9.64 Å². The third kappa shape index (κ3) is 4.36. The molecule has 6 heteroatoms. The maximum atomic E-state index is 12.5. The lowest BCUT2D eigenvalue weighted by atomic mass is 10.1. The summed E-state index contributed by atoms with van der Waals surface area (Å²) in [6.07, 6.45) is 5.72. The molecular weight excluding hydrogens is 326 g/mol. The molecular formula is C18H22ClN3O2. The third-order valence-corrected chi connectivity index (χ3v) is 4.65. The fourth-order valence-corrected chi connectivity index (χ4v) is 3.20. The van der Waals surface area contributed by atoms with Gasteiger partial charge >= 0.3 is 0 Å². The minimum atomic E-state index is 0.000918. The van der Waals surface area contributed by atoms with Gasteiger partial charge in [-0.15, -0.1) is 0 Å². The summed E-state index contributed by atoms with van der Waals surface area (Å²) in [7, 11) is 1.88. The molecule has 0 unspecified atom stereocenters. The van der Waals surface area contributed by atoms with Crippen molar-refractivity contribution in [3.8, 4) is 0 Å². The van der Waals surface area contributed by atoms with Gasteiger partial charge in [0.1, 0.15) is 0 Å². The lowest BCUT2D eigenvalue weighted by Crippen LogP contribution is -2.46. The number of nitrogens with zero attached hydrogens (tertiary/aromatic N) is 3. The molecule has 5 nitrogen and oxygen atoms in total. The Morgan fingerprint density at radius 2 is 2.25 bits per heavy atom. The van der Waals surface area contributed by atoms with Gasteiger partial charge in [-0.05, 0) is 23.6 Å². The number of rotatable bonds is 5. The summed E-state index contributed by atoms with van der Waals surface area (Å²) >= 11 is 6.22. The Labute approximate surface area is 147 Å². The molecule has 1 aromatic heterocycles. The van der Waals surface area contributed by atoms with Crippen LogP contribution >= 0.6 is 11.6 Å². The van der Waals surface area contributed by atoms with Crippen LogP contribution in [-0.2, 0) is 29.4 Å². The average Bonchev–Trinajstić information content (AvgIpc) is 3.00. The van der Waals surface area contributed by atoms with Gasteiger partial charge in [-0.25, -0.2) is 0 Å². The highest BCUT2D eigenvalue weighted by Gasteiger charge is 2.24. The summed E-state index contributed by atoms with van der Waals surface area (Å²) < 4.78 is 7.58. The van der Waals surface area contributed by atoms with E-state index < -0.39 is 0 Å². The predicted molar refractivity (Wildman–Crippen MR) is 93.0 cm³/mol. The molecule has 1 atom stereocenters. The normalized spacial score (nSPS) is 17.9. The van der Waals surface area contributed by atoms with Crippen molar-refractivity contribution in [2.45, 2.75) is 25.4 Å². The minimum Gasteiger partial charge on any atom is -0.374 e. The van der Waals surface area contributed by atoms with Crippen molar-refractivity contribution >= 4 is 17.5 Å². The van der Waals surface area contributed by atoms with Crippen LogP contribution in [0.25, 0.3) is 0 Å². The van der Waals surface area contributed by atoms with E-state index in [1.165, 1.54) is 0 Å². The molecule has 2 aromatic rings. The number of carbonyl (C=O) groups is 1. The highest BCUT2D eigenvalue weighted by atomic mass is 35.5. The molecule has 1 saturated heterocycles.